The second-order valence-electron chi connectivity index (χ2n) is 3.16. The summed E-state index contributed by atoms with van der Waals surface area (Å²) in [5, 5.41) is 3.96. The summed E-state index contributed by atoms with van der Waals surface area (Å²) in [5.41, 5.74) is 5.58. The Labute approximate surface area is 87.6 Å². The summed E-state index contributed by atoms with van der Waals surface area (Å²) in [6.45, 7) is 0.614. The summed E-state index contributed by atoms with van der Waals surface area (Å²) < 4.78 is 10.2. The third-order valence-corrected chi connectivity index (χ3v) is 2.19. The van der Waals surface area contributed by atoms with Crippen molar-refractivity contribution in [2.75, 3.05) is 7.11 Å². The van der Waals surface area contributed by atoms with Gasteiger partial charge in [-0.25, -0.2) is 0 Å². The van der Waals surface area contributed by atoms with Crippen molar-refractivity contribution in [1.82, 2.24) is 5.16 Å². The van der Waals surface area contributed by atoms with Crippen LogP contribution < -0.4 is 10.5 Å². The Bertz CT molecular complexity index is 434. The maximum atomic E-state index is 5.08. The standard InChI is InChI=1S/C11H12N2O2/c1-14-9-4-2-8(3-5-9)11-6-10(7-12)15-13-11/h2-6H,7,12H2,1H3/p+1. The molecule has 0 aliphatic rings. The number of nitrogens with zero attached hydrogens (tertiary/aromatic N) is 1. The lowest BCUT2D eigenvalue weighted by Gasteiger charge is -1.99. The summed E-state index contributed by atoms with van der Waals surface area (Å²) in [7, 11) is 1.64. The van der Waals surface area contributed by atoms with Crippen molar-refractivity contribution in [3.05, 3.63) is 36.1 Å². The van der Waals surface area contributed by atoms with Crippen LogP contribution in [0.25, 0.3) is 11.3 Å². The van der Waals surface area contributed by atoms with Gasteiger partial charge in [-0.1, -0.05) is 5.16 Å². The van der Waals surface area contributed by atoms with Crippen molar-refractivity contribution in [2.45, 2.75) is 6.54 Å². The van der Waals surface area contributed by atoms with E-state index in [1.54, 1.807) is 7.11 Å². The van der Waals surface area contributed by atoms with Crippen LogP contribution in [0, 0.1) is 0 Å². The van der Waals surface area contributed by atoms with Gasteiger partial charge in [0.15, 0.2) is 5.76 Å². The van der Waals surface area contributed by atoms with E-state index in [-0.39, 0.29) is 0 Å². The fraction of sp³-hybridized carbons (Fsp3) is 0.182. The Kier molecular flexibility index (Phi) is 2.69. The van der Waals surface area contributed by atoms with Crippen molar-refractivity contribution >= 4 is 0 Å². The van der Waals surface area contributed by atoms with Crippen LogP contribution in [-0.2, 0) is 6.54 Å². The number of ether oxygens (including phenoxy) is 1. The minimum absolute atomic E-state index is 0.614. The Hall–Kier alpha value is -1.81. The molecule has 0 fully saturated rings. The zero-order valence-corrected chi connectivity index (χ0v) is 8.56. The molecule has 0 aliphatic heterocycles. The molecular formula is C11H13N2O2+. The molecule has 0 saturated heterocycles. The molecule has 15 heavy (non-hydrogen) atoms. The molecule has 4 nitrogen and oxygen atoms in total. The average Bonchev–Trinajstić information content (AvgIpc) is 2.78. The summed E-state index contributed by atoms with van der Waals surface area (Å²) >= 11 is 0. The molecule has 0 unspecified atom stereocenters. The van der Waals surface area contributed by atoms with Crippen LogP contribution in [0.4, 0.5) is 0 Å². The summed E-state index contributed by atoms with van der Waals surface area (Å²) in [5.74, 6) is 1.63. The Morgan fingerprint density at radius 1 is 1.33 bits per heavy atom. The van der Waals surface area contributed by atoms with E-state index >= 15 is 0 Å². The topological polar surface area (TPSA) is 62.9 Å². The molecule has 0 radical (unpaired) electrons. The van der Waals surface area contributed by atoms with Crippen LogP contribution in [0.15, 0.2) is 34.9 Å². The van der Waals surface area contributed by atoms with E-state index in [9.17, 15) is 0 Å². The van der Waals surface area contributed by atoms with Crippen molar-refractivity contribution < 1.29 is 15.0 Å². The molecule has 2 rings (SSSR count). The van der Waals surface area contributed by atoms with E-state index in [2.05, 4.69) is 10.9 Å². The lowest BCUT2D eigenvalue weighted by Crippen LogP contribution is -2.47. The van der Waals surface area contributed by atoms with Gasteiger partial charge in [0.1, 0.15) is 18.0 Å². The van der Waals surface area contributed by atoms with Gasteiger partial charge < -0.3 is 15.0 Å². The third-order valence-electron chi connectivity index (χ3n) is 2.19. The van der Waals surface area contributed by atoms with Crippen LogP contribution in [0.2, 0.25) is 0 Å². The maximum absolute atomic E-state index is 5.08. The first-order valence-electron chi connectivity index (χ1n) is 4.72. The largest absolute Gasteiger partial charge is 0.497 e. The molecular weight excluding hydrogens is 192 g/mol. The number of hydrogen-bond donors (Lipinski definition) is 1. The first-order chi connectivity index (χ1) is 7.33. The SMILES string of the molecule is COc1ccc(-c2cc(C[NH3+])on2)cc1. The van der Waals surface area contributed by atoms with E-state index in [4.69, 9.17) is 9.26 Å². The van der Waals surface area contributed by atoms with Crippen molar-refractivity contribution in [3.8, 4) is 17.0 Å². The lowest BCUT2D eigenvalue weighted by atomic mass is 10.1. The van der Waals surface area contributed by atoms with Crippen LogP contribution in [0.1, 0.15) is 5.76 Å². The summed E-state index contributed by atoms with van der Waals surface area (Å²) in [6, 6.07) is 9.59. The van der Waals surface area contributed by atoms with Crippen molar-refractivity contribution in [1.29, 1.82) is 0 Å². The van der Waals surface area contributed by atoms with Crippen LogP contribution >= 0.6 is 0 Å². The normalized spacial score (nSPS) is 10.3. The first kappa shape index (κ1) is 9.73. The van der Waals surface area contributed by atoms with Gasteiger partial charge in [-0.2, -0.15) is 0 Å². The second-order valence-corrected chi connectivity index (χ2v) is 3.16. The number of benzene rings is 1. The predicted molar refractivity (Wildman–Crippen MR) is 55.1 cm³/mol. The Morgan fingerprint density at radius 3 is 2.60 bits per heavy atom. The molecule has 0 amide bonds. The highest BCUT2D eigenvalue weighted by Crippen LogP contribution is 2.21. The highest BCUT2D eigenvalue weighted by molar-refractivity contribution is 5.59. The number of methoxy groups -OCH3 is 1. The predicted octanol–water partition coefficient (Wildman–Crippen LogP) is 1.09. The van der Waals surface area contributed by atoms with Gasteiger partial charge in [-0.05, 0) is 24.3 Å². The lowest BCUT2D eigenvalue weighted by molar-refractivity contribution is -0.390. The molecule has 0 saturated carbocycles. The van der Waals surface area contributed by atoms with Crippen LogP contribution in [0.5, 0.6) is 5.75 Å². The third kappa shape index (κ3) is 1.99. The van der Waals surface area contributed by atoms with Gasteiger partial charge in [0.25, 0.3) is 0 Å². The fourth-order valence-corrected chi connectivity index (χ4v) is 1.33. The molecule has 0 aliphatic carbocycles. The summed E-state index contributed by atoms with van der Waals surface area (Å²) in [6.07, 6.45) is 0. The van der Waals surface area contributed by atoms with E-state index in [0.29, 0.717) is 6.54 Å². The number of hydrogen-bond acceptors (Lipinski definition) is 3. The van der Waals surface area contributed by atoms with Gasteiger partial charge in [-0.15, -0.1) is 0 Å². The van der Waals surface area contributed by atoms with Crippen LogP contribution in [0.3, 0.4) is 0 Å². The maximum Gasteiger partial charge on any atom is 0.191 e. The molecule has 1 heterocycles. The molecule has 78 valence electrons. The van der Waals surface area contributed by atoms with E-state index in [1.165, 1.54) is 0 Å². The summed E-state index contributed by atoms with van der Waals surface area (Å²) in [4.78, 5) is 0. The molecule has 2 aromatic rings. The van der Waals surface area contributed by atoms with E-state index < -0.39 is 0 Å². The van der Waals surface area contributed by atoms with Gasteiger partial charge >= 0.3 is 0 Å². The van der Waals surface area contributed by atoms with Gasteiger partial charge in [-0.3, -0.25) is 0 Å². The second kappa shape index (κ2) is 4.14. The zero-order chi connectivity index (χ0) is 10.7. The molecule has 1 aromatic carbocycles. The highest BCUT2D eigenvalue weighted by Gasteiger charge is 2.05. The van der Waals surface area contributed by atoms with Gasteiger partial charge in [0.2, 0.25) is 0 Å². The number of aromatic nitrogens is 1. The molecule has 1 aromatic heterocycles. The van der Waals surface area contributed by atoms with Crippen molar-refractivity contribution in [3.63, 3.8) is 0 Å². The minimum Gasteiger partial charge on any atom is -0.497 e. The minimum atomic E-state index is 0.614. The highest BCUT2D eigenvalue weighted by atomic mass is 16.5. The smallest absolute Gasteiger partial charge is 0.191 e. The quantitative estimate of drug-likeness (QED) is 0.815. The van der Waals surface area contributed by atoms with E-state index in [0.717, 1.165) is 22.8 Å². The van der Waals surface area contributed by atoms with Gasteiger partial charge in [0, 0.05) is 11.6 Å². The molecule has 0 atom stereocenters. The molecule has 0 bridgehead atoms. The van der Waals surface area contributed by atoms with E-state index in [1.807, 2.05) is 30.3 Å². The zero-order valence-electron chi connectivity index (χ0n) is 8.56. The van der Waals surface area contributed by atoms with Crippen molar-refractivity contribution in [2.24, 2.45) is 0 Å². The number of quaternary nitrogens is 1. The van der Waals surface area contributed by atoms with Gasteiger partial charge in [0.05, 0.1) is 7.11 Å². The molecule has 0 spiro atoms. The average molecular weight is 205 g/mol. The number of rotatable bonds is 3. The molecule has 3 N–H and O–H groups in total. The Balaban J connectivity index is 2.28. The first-order valence-corrected chi connectivity index (χ1v) is 4.72. The van der Waals surface area contributed by atoms with Crippen LogP contribution in [-0.4, -0.2) is 12.3 Å². The Morgan fingerprint density at radius 2 is 2.07 bits per heavy atom. The monoisotopic (exact) mass is 205 g/mol. The fourth-order valence-electron chi connectivity index (χ4n) is 1.33. The molecule has 4 heteroatoms.